The molecule has 0 bridgehead atoms. The number of para-hydroxylation sites is 1. The molecule has 0 radical (unpaired) electrons. The lowest BCUT2D eigenvalue weighted by Crippen LogP contribution is -2.16. The van der Waals surface area contributed by atoms with Crippen LogP contribution in [0.3, 0.4) is 0 Å². The summed E-state index contributed by atoms with van der Waals surface area (Å²) in [6.45, 7) is 4.69. The number of hydrogen-bond acceptors (Lipinski definition) is 2. The second kappa shape index (κ2) is 10.0. The first kappa shape index (κ1) is 27.2. The fourth-order valence-corrected chi connectivity index (χ4v) is 8.32. The lowest BCUT2D eigenvalue weighted by molar-refractivity contribution is 0.660. The van der Waals surface area contributed by atoms with E-state index in [0.717, 1.165) is 22.6 Å². The Balaban J connectivity index is 1.11. The quantitative estimate of drug-likeness (QED) is 0.145. The number of fused-ring (bicyclic) bond motifs is 5. The summed E-state index contributed by atoms with van der Waals surface area (Å²) in [5.41, 5.74) is 12.3. The lowest BCUT2D eigenvalue weighted by Gasteiger charge is -2.28. The van der Waals surface area contributed by atoms with Gasteiger partial charge < -0.3 is 4.90 Å². The van der Waals surface area contributed by atoms with Gasteiger partial charge in [0.05, 0.1) is 5.52 Å². The van der Waals surface area contributed by atoms with Crippen LogP contribution in [0.2, 0.25) is 0 Å². The maximum Gasteiger partial charge on any atom is 0.0780 e. The summed E-state index contributed by atoms with van der Waals surface area (Å²) in [6.07, 6.45) is 1.90. The SMILES string of the molecule is CC1(C)c2ccccc2-c2ccc(N(c3ccccc3)c3ccc(-c4ccc5ccc6cc7cccnc7c7ccc4c5c67)cc3)cc21. The summed E-state index contributed by atoms with van der Waals surface area (Å²) < 4.78 is 0. The van der Waals surface area contributed by atoms with Gasteiger partial charge in [-0.3, -0.25) is 4.98 Å². The van der Waals surface area contributed by atoms with Crippen LogP contribution in [0.5, 0.6) is 0 Å². The number of hydrogen-bond donors (Lipinski definition) is 0. The first-order valence-electron chi connectivity index (χ1n) is 16.7. The maximum absolute atomic E-state index is 4.78. The molecule has 1 heterocycles. The van der Waals surface area contributed by atoms with Crippen molar-refractivity contribution in [2.24, 2.45) is 0 Å². The van der Waals surface area contributed by atoms with Crippen LogP contribution in [-0.4, -0.2) is 4.98 Å². The fourth-order valence-electron chi connectivity index (χ4n) is 8.32. The van der Waals surface area contributed by atoms with Gasteiger partial charge in [-0.2, -0.15) is 0 Å². The molecular weight excluding hydrogens is 581 g/mol. The smallest absolute Gasteiger partial charge is 0.0780 e. The van der Waals surface area contributed by atoms with Crippen molar-refractivity contribution >= 4 is 60.3 Å². The Morgan fingerprint density at radius 3 is 2.00 bits per heavy atom. The molecule has 0 unspecified atom stereocenters. The zero-order valence-corrected chi connectivity index (χ0v) is 26.9. The number of nitrogens with zero attached hydrogens (tertiary/aromatic N) is 2. The summed E-state index contributed by atoms with van der Waals surface area (Å²) in [6, 6.07) is 55.7. The standard InChI is InChI=1S/C46H32N2/c1-46(2)41-13-7-6-12-37(41)38-23-21-35(28-42(38)46)48(33-10-4-3-5-11-33)34-19-16-29(17-20-34)36-22-18-30-14-15-31-27-32-9-8-26-47-45(32)40-25-24-39(36)43(30)44(31)40/h3-28H,1-2H3. The van der Waals surface area contributed by atoms with Gasteiger partial charge in [0, 0.05) is 39.4 Å². The van der Waals surface area contributed by atoms with Gasteiger partial charge >= 0.3 is 0 Å². The van der Waals surface area contributed by atoms with Crippen molar-refractivity contribution in [1.29, 1.82) is 0 Å². The third-order valence-corrected chi connectivity index (χ3v) is 10.6. The molecule has 1 aromatic heterocycles. The third-order valence-electron chi connectivity index (χ3n) is 10.6. The molecule has 0 saturated heterocycles. The fraction of sp³-hybridized carbons (Fsp3) is 0.0652. The van der Waals surface area contributed by atoms with E-state index in [9.17, 15) is 0 Å². The number of aromatic nitrogens is 1. The van der Waals surface area contributed by atoms with Gasteiger partial charge in [0.15, 0.2) is 0 Å². The maximum atomic E-state index is 4.78. The van der Waals surface area contributed by atoms with Crippen LogP contribution in [0.25, 0.3) is 65.5 Å². The van der Waals surface area contributed by atoms with Crippen molar-refractivity contribution in [1.82, 2.24) is 4.98 Å². The molecule has 0 fully saturated rings. The van der Waals surface area contributed by atoms with Crippen molar-refractivity contribution in [3.05, 3.63) is 169 Å². The van der Waals surface area contributed by atoms with Gasteiger partial charge in [0.2, 0.25) is 0 Å². The number of benzene rings is 8. The van der Waals surface area contributed by atoms with E-state index in [2.05, 4.69) is 164 Å². The van der Waals surface area contributed by atoms with Gasteiger partial charge in [-0.25, -0.2) is 0 Å². The average Bonchev–Trinajstić information content (AvgIpc) is 3.37. The molecule has 226 valence electrons. The topological polar surface area (TPSA) is 16.1 Å². The van der Waals surface area contributed by atoms with Crippen LogP contribution in [0.15, 0.2) is 158 Å². The highest BCUT2D eigenvalue weighted by Crippen LogP contribution is 2.50. The normalized spacial score (nSPS) is 13.4. The van der Waals surface area contributed by atoms with Crippen molar-refractivity contribution in [3.8, 4) is 22.3 Å². The first-order chi connectivity index (χ1) is 23.6. The largest absolute Gasteiger partial charge is 0.310 e. The van der Waals surface area contributed by atoms with E-state index < -0.39 is 0 Å². The lowest BCUT2D eigenvalue weighted by atomic mass is 9.82. The van der Waals surface area contributed by atoms with E-state index in [1.54, 1.807) is 0 Å². The van der Waals surface area contributed by atoms with E-state index in [-0.39, 0.29) is 5.41 Å². The van der Waals surface area contributed by atoms with E-state index in [4.69, 9.17) is 4.98 Å². The number of rotatable bonds is 4. The van der Waals surface area contributed by atoms with Gasteiger partial charge in [-0.1, -0.05) is 117 Å². The second-order valence-corrected chi connectivity index (χ2v) is 13.6. The molecule has 10 rings (SSSR count). The predicted molar refractivity (Wildman–Crippen MR) is 203 cm³/mol. The molecular formula is C46H32N2. The van der Waals surface area contributed by atoms with Gasteiger partial charge in [-0.15, -0.1) is 0 Å². The van der Waals surface area contributed by atoms with Crippen molar-refractivity contribution < 1.29 is 0 Å². The van der Waals surface area contributed by atoms with Crippen LogP contribution < -0.4 is 4.90 Å². The minimum absolute atomic E-state index is 0.0640. The Morgan fingerprint density at radius 2 is 1.12 bits per heavy atom. The van der Waals surface area contributed by atoms with Crippen LogP contribution in [-0.2, 0) is 5.41 Å². The predicted octanol–water partition coefficient (Wildman–Crippen LogP) is 12.6. The van der Waals surface area contributed by atoms with Crippen molar-refractivity contribution in [3.63, 3.8) is 0 Å². The Hall–Kier alpha value is -5.99. The summed E-state index contributed by atoms with van der Waals surface area (Å²) in [5, 5.41) is 8.80. The zero-order valence-electron chi connectivity index (χ0n) is 26.9. The summed E-state index contributed by atoms with van der Waals surface area (Å²) >= 11 is 0. The molecule has 2 heteroatoms. The molecule has 0 amide bonds. The van der Waals surface area contributed by atoms with E-state index in [0.29, 0.717) is 0 Å². The molecule has 2 nitrogen and oxygen atoms in total. The Morgan fingerprint density at radius 1 is 0.458 bits per heavy atom. The van der Waals surface area contributed by atoms with Gasteiger partial charge in [0.1, 0.15) is 0 Å². The molecule has 8 aromatic carbocycles. The van der Waals surface area contributed by atoms with E-state index in [1.165, 1.54) is 71.1 Å². The third kappa shape index (κ3) is 3.83. The van der Waals surface area contributed by atoms with Gasteiger partial charge in [0.25, 0.3) is 0 Å². The summed E-state index contributed by atoms with van der Waals surface area (Å²) in [5.74, 6) is 0. The molecule has 0 spiro atoms. The highest BCUT2D eigenvalue weighted by molar-refractivity contribution is 6.30. The molecule has 0 N–H and O–H groups in total. The average molecular weight is 613 g/mol. The molecule has 0 aliphatic heterocycles. The molecule has 9 aromatic rings. The van der Waals surface area contributed by atoms with Crippen molar-refractivity contribution in [2.45, 2.75) is 19.3 Å². The Labute approximate surface area is 279 Å². The molecule has 0 saturated carbocycles. The van der Waals surface area contributed by atoms with Crippen LogP contribution in [0.1, 0.15) is 25.0 Å². The summed E-state index contributed by atoms with van der Waals surface area (Å²) in [7, 11) is 0. The Bertz CT molecular complexity index is 2690. The molecule has 1 aliphatic rings. The van der Waals surface area contributed by atoms with Crippen LogP contribution in [0, 0.1) is 0 Å². The minimum atomic E-state index is -0.0640. The minimum Gasteiger partial charge on any atom is -0.310 e. The zero-order chi connectivity index (χ0) is 32.0. The van der Waals surface area contributed by atoms with E-state index in [1.807, 2.05) is 12.3 Å². The highest BCUT2D eigenvalue weighted by atomic mass is 15.1. The monoisotopic (exact) mass is 612 g/mol. The van der Waals surface area contributed by atoms with Crippen LogP contribution >= 0.6 is 0 Å². The molecule has 1 aliphatic carbocycles. The highest BCUT2D eigenvalue weighted by Gasteiger charge is 2.35. The first-order valence-corrected chi connectivity index (χ1v) is 16.7. The number of pyridine rings is 1. The Kier molecular flexibility index (Phi) is 5.66. The molecule has 0 atom stereocenters. The molecule has 48 heavy (non-hydrogen) atoms. The number of anilines is 3. The van der Waals surface area contributed by atoms with Crippen LogP contribution in [0.4, 0.5) is 17.1 Å². The van der Waals surface area contributed by atoms with Gasteiger partial charge in [-0.05, 0) is 109 Å². The van der Waals surface area contributed by atoms with E-state index >= 15 is 0 Å². The second-order valence-electron chi connectivity index (χ2n) is 13.6. The van der Waals surface area contributed by atoms with Crippen molar-refractivity contribution in [2.75, 3.05) is 4.90 Å². The summed E-state index contributed by atoms with van der Waals surface area (Å²) in [4.78, 5) is 7.16.